The molecule has 2 amide bonds. The molecule has 0 saturated carbocycles. The number of nitrogens with zero attached hydrogens (tertiary/aromatic N) is 1. The van der Waals surface area contributed by atoms with Gasteiger partial charge in [-0.2, -0.15) is 0 Å². The molecular weight excluding hydrogens is 366 g/mol. The van der Waals surface area contributed by atoms with Crippen molar-refractivity contribution in [1.82, 2.24) is 10.2 Å². The van der Waals surface area contributed by atoms with Gasteiger partial charge in [0.05, 0.1) is 18.2 Å². The summed E-state index contributed by atoms with van der Waals surface area (Å²) in [5, 5.41) is 15.4. The van der Waals surface area contributed by atoms with E-state index in [0.717, 1.165) is 31.8 Å². The Morgan fingerprint density at radius 3 is 2.45 bits per heavy atom. The largest absolute Gasteiger partial charge is 0.394 e. The van der Waals surface area contributed by atoms with E-state index < -0.39 is 5.54 Å². The number of aliphatic hydroxyl groups excluding tert-OH is 1. The van der Waals surface area contributed by atoms with Gasteiger partial charge in [-0.25, -0.2) is 4.79 Å². The number of amides is 2. The molecule has 0 aromatic heterocycles. The number of ether oxygens (including phenoxy) is 1. The summed E-state index contributed by atoms with van der Waals surface area (Å²) in [4.78, 5) is 14.8. The highest BCUT2D eigenvalue weighted by Gasteiger charge is 2.27. The Balaban J connectivity index is 1.91. The van der Waals surface area contributed by atoms with Crippen LogP contribution in [0.5, 0.6) is 0 Å². The lowest BCUT2D eigenvalue weighted by atomic mass is 9.94. The van der Waals surface area contributed by atoms with Crippen molar-refractivity contribution in [3.63, 3.8) is 0 Å². The minimum atomic E-state index is -0.566. The first kappa shape index (κ1) is 23.6. The fourth-order valence-corrected chi connectivity index (χ4v) is 3.69. The molecule has 1 heterocycles. The molecule has 2 rings (SSSR count). The smallest absolute Gasteiger partial charge is 0.319 e. The molecule has 1 fully saturated rings. The summed E-state index contributed by atoms with van der Waals surface area (Å²) < 4.78 is 5.91. The highest BCUT2D eigenvalue weighted by molar-refractivity contribution is 5.89. The van der Waals surface area contributed by atoms with Gasteiger partial charge in [-0.05, 0) is 63.6 Å². The number of carbonyl (C=O) groups is 1. The van der Waals surface area contributed by atoms with Gasteiger partial charge in [0.15, 0.2) is 0 Å². The summed E-state index contributed by atoms with van der Waals surface area (Å²) in [6.45, 7) is 11.0. The highest BCUT2D eigenvalue weighted by atomic mass is 16.5. The summed E-state index contributed by atoms with van der Waals surface area (Å²) in [6, 6.07) is 8.15. The summed E-state index contributed by atoms with van der Waals surface area (Å²) in [7, 11) is 0. The molecule has 6 heteroatoms. The summed E-state index contributed by atoms with van der Waals surface area (Å²) in [6.07, 6.45) is 5.28. The van der Waals surface area contributed by atoms with Gasteiger partial charge >= 0.3 is 6.03 Å². The van der Waals surface area contributed by atoms with E-state index in [9.17, 15) is 9.90 Å². The molecular formula is C23H39N3O3. The van der Waals surface area contributed by atoms with Crippen LogP contribution in [0.15, 0.2) is 24.3 Å². The number of hydrogen-bond acceptors (Lipinski definition) is 4. The number of carbonyl (C=O) groups excluding carboxylic acids is 1. The maximum atomic E-state index is 12.3. The Hall–Kier alpha value is -1.63. The third kappa shape index (κ3) is 7.28. The number of aliphatic hydroxyl groups is 1. The standard InChI is InChI=1S/C23H39N3O3/c1-5-23(6-2,17-27)25-22(28)24-20-12-10-19(11-13-20)15-26(18(3)4)16-21-9-7-8-14-29-21/h10-13,18,21,27H,5-9,14-17H2,1-4H3,(H2,24,25,28)/t21-/m0/s1. The van der Waals surface area contributed by atoms with Crippen molar-refractivity contribution in [2.75, 3.05) is 25.1 Å². The number of urea groups is 1. The van der Waals surface area contributed by atoms with E-state index in [1.807, 2.05) is 26.0 Å². The van der Waals surface area contributed by atoms with Crippen molar-refractivity contribution < 1.29 is 14.6 Å². The molecule has 0 radical (unpaired) electrons. The normalized spacial score (nSPS) is 17.6. The molecule has 3 N–H and O–H groups in total. The average molecular weight is 406 g/mol. The molecule has 0 bridgehead atoms. The number of rotatable bonds is 10. The molecule has 1 aromatic rings. The molecule has 29 heavy (non-hydrogen) atoms. The van der Waals surface area contributed by atoms with Crippen LogP contribution in [0.25, 0.3) is 0 Å². The van der Waals surface area contributed by atoms with Crippen LogP contribution in [0, 0.1) is 0 Å². The fourth-order valence-electron chi connectivity index (χ4n) is 3.69. The Bertz CT molecular complexity index is 600. The first-order chi connectivity index (χ1) is 13.9. The van der Waals surface area contributed by atoms with Gasteiger partial charge in [-0.1, -0.05) is 26.0 Å². The van der Waals surface area contributed by atoms with E-state index in [1.165, 1.54) is 18.4 Å². The second-order valence-electron chi connectivity index (χ2n) is 8.43. The fraction of sp³-hybridized carbons (Fsp3) is 0.696. The third-order valence-corrected chi connectivity index (χ3v) is 6.07. The van der Waals surface area contributed by atoms with Gasteiger partial charge in [0, 0.05) is 31.4 Å². The molecule has 6 nitrogen and oxygen atoms in total. The van der Waals surface area contributed by atoms with E-state index in [0.29, 0.717) is 25.0 Å². The highest BCUT2D eigenvalue weighted by Crippen LogP contribution is 2.19. The number of hydrogen-bond donors (Lipinski definition) is 3. The first-order valence-electron chi connectivity index (χ1n) is 11.1. The van der Waals surface area contributed by atoms with Gasteiger partial charge < -0.3 is 20.5 Å². The molecule has 1 aromatic carbocycles. The monoisotopic (exact) mass is 405 g/mol. The van der Waals surface area contributed by atoms with Crippen molar-refractivity contribution in [2.24, 2.45) is 0 Å². The van der Waals surface area contributed by atoms with Crippen LogP contribution < -0.4 is 10.6 Å². The number of nitrogens with one attached hydrogen (secondary N) is 2. The second-order valence-corrected chi connectivity index (χ2v) is 8.43. The minimum absolute atomic E-state index is 0.0674. The van der Waals surface area contributed by atoms with Gasteiger partial charge in [0.1, 0.15) is 0 Å². The molecule has 1 saturated heterocycles. The van der Waals surface area contributed by atoms with Crippen molar-refractivity contribution in [1.29, 1.82) is 0 Å². The lowest BCUT2D eigenvalue weighted by molar-refractivity contribution is -0.0129. The minimum Gasteiger partial charge on any atom is -0.394 e. The van der Waals surface area contributed by atoms with E-state index in [1.54, 1.807) is 0 Å². The van der Waals surface area contributed by atoms with Gasteiger partial charge in [0.2, 0.25) is 0 Å². The Labute approximate surface area is 176 Å². The Kier molecular flexibility index (Phi) is 9.40. The maximum Gasteiger partial charge on any atom is 0.319 e. The Morgan fingerprint density at radius 2 is 1.93 bits per heavy atom. The third-order valence-electron chi connectivity index (χ3n) is 6.07. The average Bonchev–Trinajstić information content (AvgIpc) is 2.73. The van der Waals surface area contributed by atoms with Crippen LogP contribution in [0.2, 0.25) is 0 Å². The van der Waals surface area contributed by atoms with Crippen molar-refractivity contribution >= 4 is 11.7 Å². The zero-order valence-corrected chi connectivity index (χ0v) is 18.5. The molecule has 0 spiro atoms. The Morgan fingerprint density at radius 1 is 1.24 bits per heavy atom. The van der Waals surface area contributed by atoms with E-state index >= 15 is 0 Å². The van der Waals surface area contributed by atoms with Crippen LogP contribution in [0.3, 0.4) is 0 Å². The SMILES string of the molecule is CCC(CC)(CO)NC(=O)Nc1ccc(CN(C[C@@H]2CCCCO2)C(C)C)cc1. The van der Waals surface area contributed by atoms with Crippen LogP contribution in [0.1, 0.15) is 65.4 Å². The zero-order valence-electron chi connectivity index (χ0n) is 18.5. The van der Waals surface area contributed by atoms with Crippen LogP contribution in [-0.4, -0.2) is 53.5 Å². The molecule has 0 unspecified atom stereocenters. The predicted octanol–water partition coefficient (Wildman–Crippen LogP) is 4.14. The summed E-state index contributed by atoms with van der Waals surface area (Å²) >= 11 is 0. The number of anilines is 1. The van der Waals surface area contributed by atoms with Gasteiger partial charge in [0.25, 0.3) is 0 Å². The van der Waals surface area contributed by atoms with Gasteiger partial charge in [-0.15, -0.1) is 0 Å². The van der Waals surface area contributed by atoms with Crippen molar-refractivity contribution in [3.8, 4) is 0 Å². The molecule has 1 aliphatic rings. The maximum absolute atomic E-state index is 12.3. The quantitative estimate of drug-likeness (QED) is 0.547. The lowest BCUT2D eigenvalue weighted by Gasteiger charge is -2.32. The first-order valence-corrected chi connectivity index (χ1v) is 11.1. The van der Waals surface area contributed by atoms with Crippen molar-refractivity contribution in [3.05, 3.63) is 29.8 Å². The lowest BCUT2D eigenvalue weighted by Crippen LogP contribution is -2.52. The second kappa shape index (κ2) is 11.5. The zero-order chi connectivity index (χ0) is 21.3. The van der Waals surface area contributed by atoms with E-state index in [4.69, 9.17) is 4.74 Å². The predicted molar refractivity (Wildman–Crippen MR) is 118 cm³/mol. The molecule has 0 aliphatic carbocycles. The molecule has 164 valence electrons. The number of benzene rings is 1. The van der Waals surface area contributed by atoms with Crippen molar-refractivity contribution in [2.45, 2.75) is 84.0 Å². The van der Waals surface area contributed by atoms with Gasteiger partial charge in [-0.3, -0.25) is 4.90 Å². The molecule has 1 aliphatic heterocycles. The summed E-state index contributed by atoms with van der Waals surface area (Å²) in [5.41, 5.74) is 1.40. The topological polar surface area (TPSA) is 73.8 Å². The van der Waals surface area contributed by atoms with Crippen LogP contribution >= 0.6 is 0 Å². The van der Waals surface area contributed by atoms with E-state index in [-0.39, 0.29) is 12.6 Å². The summed E-state index contributed by atoms with van der Waals surface area (Å²) in [5.74, 6) is 0. The van der Waals surface area contributed by atoms with Crippen LogP contribution in [0.4, 0.5) is 10.5 Å². The van der Waals surface area contributed by atoms with E-state index in [2.05, 4.69) is 41.5 Å². The molecule has 1 atom stereocenters. The van der Waals surface area contributed by atoms with Crippen LogP contribution in [-0.2, 0) is 11.3 Å².